The monoisotopic (exact) mass is 356 g/mol. The highest BCUT2D eigenvalue weighted by molar-refractivity contribution is 7.16. The van der Waals surface area contributed by atoms with Crippen LogP contribution in [0.25, 0.3) is 11.3 Å². The van der Waals surface area contributed by atoms with Crippen molar-refractivity contribution in [3.05, 3.63) is 70.4 Å². The van der Waals surface area contributed by atoms with Crippen LogP contribution < -0.4 is 5.32 Å². The zero-order valence-electron chi connectivity index (χ0n) is 13.9. The number of anilines is 1. The number of aromatic nitrogens is 1. The molecule has 25 heavy (non-hydrogen) atoms. The maximum absolute atomic E-state index is 13.1. The Balaban J connectivity index is 1.75. The SMILES string of the molecule is COCc1ccc(C(=O)Nc2nc(-c3ccc(F)cc3)c(C)s2)cc1. The summed E-state index contributed by atoms with van der Waals surface area (Å²) in [7, 11) is 1.63. The van der Waals surface area contributed by atoms with E-state index in [1.54, 1.807) is 31.4 Å². The summed E-state index contributed by atoms with van der Waals surface area (Å²) in [5, 5.41) is 3.33. The lowest BCUT2D eigenvalue weighted by atomic mass is 10.1. The predicted molar refractivity (Wildman–Crippen MR) is 97.4 cm³/mol. The molecular formula is C19H17FN2O2S. The smallest absolute Gasteiger partial charge is 0.257 e. The van der Waals surface area contributed by atoms with Crippen LogP contribution >= 0.6 is 11.3 Å². The summed E-state index contributed by atoms with van der Waals surface area (Å²) in [4.78, 5) is 17.8. The average Bonchev–Trinajstić information content (AvgIpc) is 2.97. The Morgan fingerprint density at radius 2 is 1.84 bits per heavy atom. The Morgan fingerprint density at radius 3 is 2.48 bits per heavy atom. The van der Waals surface area contributed by atoms with Crippen molar-refractivity contribution >= 4 is 22.4 Å². The minimum absolute atomic E-state index is 0.219. The van der Waals surface area contributed by atoms with Gasteiger partial charge in [0.1, 0.15) is 5.82 Å². The number of hydrogen-bond acceptors (Lipinski definition) is 4. The van der Waals surface area contributed by atoms with Gasteiger partial charge < -0.3 is 4.74 Å². The van der Waals surface area contributed by atoms with E-state index in [-0.39, 0.29) is 11.7 Å². The standard InChI is InChI=1S/C19H17FN2O2S/c1-12-17(14-7-9-16(20)10-8-14)21-19(25-12)22-18(23)15-5-3-13(4-6-15)11-24-2/h3-10H,11H2,1-2H3,(H,21,22,23). The van der Waals surface area contributed by atoms with Gasteiger partial charge in [0.2, 0.25) is 0 Å². The molecule has 0 saturated heterocycles. The van der Waals surface area contributed by atoms with E-state index < -0.39 is 0 Å². The lowest BCUT2D eigenvalue weighted by Crippen LogP contribution is -2.11. The van der Waals surface area contributed by atoms with Crippen LogP contribution in [0.4, 0.5) is 9.52 Å². The van der Waals surface area contributed by atoms with Crippen LogP contribution in [0.1, 0.15) is 20.8 Å². The first-order valence-corrected chi connectivity index (χ1v) is 8.51. The van der Waals surface area contributed by atoms with E-state index in [9.17, 15) is 9.18 Å². The van der Waals surface area contributed by atoms with Crippen LogP contribution in [0.2, 0.25) is 0 Å². The van der Waals surface area contributed by atoms with E-state index in [4.69, 9.17) is 4.74 Å². The number of amides is 1. The Morgan fingerprint density at radius 1 is 1.16 bits per heavy atom. The highest BCUT2D eigenvalue weighted by atomic mass is 32.1. The van der Waals surface area contributed by atoms with Crippen LogP contribution in [0, 0.1) is 12.7 Å². The van der Waals surface area contributed by atoms with Crippen molar-refractivity contribution in [2.75, 3.05) is 12.4 Å². The maximum Gasteiger partial charge on any atom is 0.257 e. The average molecular weight is 356 g/mol. The number of methoxy groups -OCH3 is 1. The molecule has 128 valence electrons. The highest BCUT2D eigenvalue weighted by Gasteiger charge is 2.13. The molecule has 0 aliphatic carbocycles. The van der Waals surface area contributed by atoms with Crippen molar-refractivity contribution in [2.24, 2.45) is 0 Å². The first-order valence-electron chi connectivity index (χ1n) is 7.69. The van der Waals surface area contributed by atoms with Gasteiger partial charge in [-0.3, -0.25) is 10.1 Å². The molecule has 4 nitrogen and oxygen atoms in total. The largest absolute Gasteiger partial charge is 0.380 e. The fraction of sp³-hybridized carbons (Fsp3) is 0.158. The van der Waals surface area contributed by atoms with Crippen LogP contribution in [-0.4, -0.2) is 18.0 Å². The fourth-order valence-electron chi connectivity index (χ4n) is 2.41. The number of hydrogen-bond donors (Lipinski definition) is 1. The Hall–Kier alpha value is -2.57. The number of benzene rings is 2. The molecule has 3 rings (SSSR count). The van der Waals surface area contributed by atoms with Gasteiger partial charge in [0.05, 0.1) is 12.3 Å². The number of halogens is 1. The van der Waals surface area contributed by atoms with Crippen LogP contribution in [0.15, 0.2) is 48.5 Å². The van der Waals surface area contributed by atoms with Gasteiger partial charge in [0.25, 0.3) is 5.91 Å². The minimum atomic E-state index is -0.290. The molecule has 2 aromatic carbocycles. The third kappa shape index (κ3) is 4.10. The number of rotatable bonds is 5. The minimum Gasteiger partial charge on any atom is -0.380 e. The topological polar surface area (TPSA) is 51.2 Å². The number of ether oxygens (including phenoxy) is 1. The van der Waals surface area contributed by atoms with E-state index in [1.165, 1.54) is 23.5 Å². The normalized spacial score (nSPS) is 10.7. The fourth-order valence-corrected chi connectivity index (χ4v) is 3.24. The first kappa shape index (κ1) is 17.3. The summed E-state index contributed by atoms with van der Waals surface area (Å²) in [5.74, 6) is -0.509. The molecule has 0 atom stereocenters. The van der Waals surface area contributed by atoms with Gasteiger partial charge in [-0.15, -0.1) is 11.3 Å². The summed E-state index contributed by atoms with van der Waals surface area (Å²) in [5.41, 5.74) is 3.12. The van der Waals surface area contributed by atoms with Crippen molar-refractivity contribution in [1.82, 2.24) is 4.98 Å². The lowest BCUT2D eigenvalue weighted by Gasteiger charge is -2.03. The predicted octanol–water partition coefficient (Wildman–Crippen LogP) is 4.66. The molecule has 0 spiro atoms. The van der Waals surface area contributed by atoms with E-state index in [2.05, 4.69) is 10.3 Å². The highest BCUT2D eigenvalue weighted by Crippen LogP contribution is 2.30. The van der Waals surface area contributed by atoms with Crippen LogP contribution in [0.3, 0.4) is 0 Å². The number of carbonyl (C=O) groups is 1. The molecule has 0 bridgehead atoms. The number of nitrogens with zero attached hydrogens (tertiary/aromatic N) is 1. The molecule has 6 heteroatoms. The Kier molecular flexibility index (Phi) is 5.21. The van der Waals surface area contributed by atoms with Crippen molar-refractivity contribution in [2.45, 2.75) is 13.5 Å². The molecule has 0 fully saturated rings. The third-order valence-electron chi connectivity index (χ3n) is 3.66. The molecule has 0 aliphatic rings. The zero-order valence-corrected chi connectivity index (χ0v) is 14.7. The zero-order chi connectivity index (χ0) is 17.8. The van der Waals surface area contributed by atoms with Crippen molar-refractivity contribution in [1.29, 1.82) is 0 Å². The Labute approximate surface area is 149 Å². The van der Waals surface area contributed by atoms with Gasteiger partial charge in [0.15, 0.2) is 5.13 Å². The Bertz CT molecular complexity index is 873. The van der Waals surface area contributed by atoms with E-state index >= 15 is 0 Å². The van der Waals surface area contributed by atoms with Crippen LogP contribution in [0.5, 0.6) is 0 Å². The van der Waals surface area contributed by atoms with Crippen LogP contribution in [-0.2, 0) is 11.3 Å². The second-order valence-electron chi connectivity index (χ2n) is 5.51. The van der Waals surface area contributed by atoms with Crippen molar-refractivity contribution < 1.29 is 13.9 Å². The van der Waals surface area contributed by atoms with E-state index in [1.807, 2.05) is 19.1 Å². The van der Waals surface area contributed by atoms with Crippen molar-refractivity contribution in [3.8, 4) is 11.3 Å². The van der Waals surface area contributed by atoms with E-state index in [0.29, 0.717) is 17.3 Å². The molecule has 1 aromatic heterocycles. The van der Waals surface area contributed by atoms with Gasteiger partial charge in [-0.2, -0.15) is 0 Å². The van der Waals surface area contributed by atoms with Gasteiger partial charge >= 0.3 is 0 Å². The summed E-state index contributed by atoms with van der Waals surface area (Å²) < 4.78 is 18.1. The third-order valence-corrected chi connectivity index (χ3v) is 4.55. The van der Waals surface area contributed by atoms with Gasteiger partial charge in [0, 0.05) is 23.1 Å². The molecule has 0 radical (unpaired) electrons. The number of nitrogens with one attached hydrogen (secondary N) is 1. The second-order valence-corrected chi connectivity index (χ2v) is 6.72. The molecule has 1 amide bonds. The number of aryl methyl sites for hydroxylation is 1. The lowest BCUT2D eigenvalue weighted by molar-refractivity contribution is 0.102. The summed E-state index contributed by atoms with van der Waals surface area (Å²) in [6, 6.07) is 13.4. The number of thiazole rings is 1. The summed E-state index contributed by atoms with van der Waals surface area (Å²) >= 11 is 1.39. The molecule has 3 aromatic rings. The summed E-state index contributed by atoms with van der Waals surface area (Å²) in [6.45, 7) is 2.43. The molecule has 1 N–H and O–H groups in total. The summed E-state index contributed by atoms with van der Waals surface area (Å²) in [6.07, 6.45) is 0. The molecular weight excluding hydrogens is 339 g/mol. The number of carbonyl (C=O) groups excluding carboxylic acids is 1. The van der Waals surface area contributed by atoms with Crippen molar-refractivity contribution in [3.63, 3.8) is 0 Å². The maximum atomic E-state index is 13.1. The molecule has 0 saturated carbocycles. The molecule has 1 heterocycles. The van der Waals surface area contributed by atoms with Gasteiger partial charge in [-0.05, 0) is 48.9 Å². The molecule has 0 aliphatic heterocycles. The van der Waals surface area contributed by atoms with Gasteiger partial charge in [-0.1, -0.05) is 12.1 Å². The molecule has 0 unspecified atom stereocenters. The second kappa shape index (κ2) is 7.55. The quantitative estimate of drug-likeness (QED) is 0.723. The first-order chi connectivity index (χ1) is 12.1. The van der Waals surface area contributed by atoms with Gasteiger partial charge in [-0.25, -0.2) is 9.37 Å². The van der Waals surface area contributed by atoms with E-state index in [0.717, 1.165) is 21.7 Å².